The molecule has 0 saturated carbocycles. The van der Waals surface area contributed by atoms with Crippen molar-refractivity contribution in [3.8, 4) is 5.75 Å². The van der Waals surface area contributed by atoms with Crippen LogP contribution in [0, 0.1) is 0 Å². The molecule has 3 N–H and O–H groups in total. The van der Waals surface area contributed by atoms with Crippen LogP contribution in [0.3, 0.4) is 0 Å². The summed E-state index contributed by atoms with van der Waals surface area (Å²) in [5.41, 5.74) is 5.66. The van der Waals surface area contributed by atoms with Crippen molar-refractivity contribution in [1.82, 2.24) is 10.9 Å². The molecular formula is C13H19N3O5S. The normalized spacial score (nSPS) is 21.4. The molecule has 1 heterocycles. The van der Waals surface area contributed by atoms with E-state index in [1.54, 1.807) is 31.2 Å². The van der Waals surface area contributed by atoms with E-state index in [9.17, 15) is 13.2 Å². The molecule has 1 aliphatic heterocycles. The number of benzene rings is 1. The number of anilines is 1. The largest absolute Gasteiger partial charge is 0.497 e. The Labute approximate surface area is 129 Å². The molecule has 1 aromatic carbocycles. The zero-order valence-electron chi connectivity index (χ0n) is 12.3. The molecule has 122 valence electrons. The van der Waals surface area contributed by atoms with Crippen molar-refractivity contribution < 1.29 is 22.7 Å². The van der Waals surface area contributed by atoms with Crippen molar-refractivity contribution in [3.63, 3.8) is 0 Å². The fourth-order valence-electron chi connectivity index (χ4n) is 2.02. The maximum absolute atomic E-state index is 12.3. The second kappa shape index (κ2) is 6.95. The Morgan fingerprint density at radius 3 is 2.59 bits per heavy atom. The standard InChI is InChI=1S/C13H19N3O5S/c1-3-21-13(17)11-8-12(15-14-11)22(18,19)16-9-4-6-10(20-2)7-5-9/h4-7,11-12,14-16H,3,8H2,1-2H3. The number of carbonyl (C=O) groups is 1. The van der Waals surface area contributed by atoms with Crippen molar-refractivity contribution in [2.45, 2.75) is 24.8 Å². The van der Waals surface area contributed by atoms with Gasteiger partial charge in [0.1, 0.15) is 17.2 Å². The Kier molecular flexibility index (Phi) is 5.22. The molecule has 0 spiro atoms. The highest BCUT2D eigenvalue weighted by Gasteiger charge is 2.37. The van der Waals surface area contributed by atoms with Crippen molar-refractivity contribution in [2.24, 2.45) is 0 Å². The number of esters is 1. The quantitative estimate of drug-likeness (QED) is 0.640. The van der Waals surface area contributed by atoms with Crippen LogP contribution in [0.2, 0.25) is 0 Å². The second-order valence-electron chi connectivity index (χ2n) is 4.69. The van der Waals surface area contributed by atoms with Gasteiger partial charge in [0.15, 0.2) is 0 Å². The van der Waals surface area contributed by atoms with Gasteiger partial charge in [0.25, 0.3) is 0 Å². The van der Waals surface area contributed by atoms with Crippen LogP contribution in [0.5, 0.6) is 5.75 Å². The molecule has 0 aliphatic carbocycles. The van der Waals surface area contributed by atoms with Gasteiger partial charge in [-0.3, -0.25) is 9.52 Å². The van der Waals surface area contributed by atoms with Crippen molar-refractivity contribution in [3.05, 3.63) is 24.3 Å². The predicted octanol–water partition coefficient (Wildman–Crippen LogP) is 0.193. The molecule has 2 unspecified atom stereocenters. The Morgan fingerprint density at radius 2 is 2.00 bits per heavy atom. The van der Waals surface area contributed by atoms with Gasteiger partial charge < -0.3 is 9.47 Å². The minimum absolute atomic E-state index is 0.0876. The topological polar surface area (TPSA) is 106 Å². The molecule has 0 aromatic heterocycles. The first-order chi connectivity index (χ1) is 10.5. The van der Waals surface area contributed by atoms with Crippen LogP contribution in [-0.2, 0) is 19.6 Å². The summed E-state index contributed by atoms with van der Waals surface area (Å²) >= 11 is 0. The molecule has 1 aromatic rings. The summed E-state index contributed by atoms with van der Waals surface area (Å²) < 4.78 is 36.9. The first-order valence-corrected chi connectivity index (χ1v) is 8.34. The summed E-state index contributed by atoms with van der Waals surface area (Å²) in [5, 5.41) is -0.927. The first-order valence-electron chi connectivity index (χ1n) is 6.79. The number of hydrogen-bond acceptors (Lipinski definition) is 7. The lowest BCUT2D eigenvalue weighted by Crippen LogP contribution is -2.41. The molecule has 9 heteroatoms. The average Bonchev–Trinajstić information content (AvgIpc) is 2.99. The van der Waals surface area contributed by atoms with Gasteiger partial charge in [-0.1, -0.05) is 0 Å². The summed E-state index contributed by atoms with van der Waals surface area (Å²) in [6.07, 6.45) is 0.0876. The lowest BCUT2D eigenvalue weighted by atomic mass is 10.2. The molecule has 0 bridgehead atoms. The van der Waals surface area contributed by atoms with E-state index in [0.29, 0.717) is 11.4 Å². The van der Waals surface area contributed by atoms with Crippen LogP contribution in [0.25, 0.3) is 0 Å². The molecule has 0 amide bonds. The van der Waals surface area contributed by atoms with Crippen LogP contribution in [0.4, 0.5) is 5.69 Å². The van der Waals surface area contributed by atoms with Gasteiger partial charge in [-0.2, -0.15) is 0 Å². The van der Waals surface area contributed by atoms with Crippen LogP contribution in [-0.4, -0.2) is 39.5 Å². The highest BCUT2D eigenvalue weighted by Crippen LogP contribution is 2.19. The number of hydrazine groups is 1. The van der Waals surface area contributed by atoms with E-state index in [1.807, 2.05) is 0 Å². The minimum Gasteiger partial charge on any atom is -0.497 e. The summed E-state index contributed by atoms with van der Waals surface area (Å²) in [4.78, 5) is 11.6. The SMILES string of the molecule is CCOC(=O)C1CC(S(=O)(=O)Nc2ccc(OC)cc2)NN1. The Morgan fingerprint density at radius 1 is 1.32 bits per heavy atom. The second-order valence-corrected chi connectivity index (χ2v) is 6.56. The Balaban J connectivity index is 2.00. The molecule has 22 heavy (non-hydrogen) atoms. The van der Waals surface area contributed by atoms with Crippen LogP contribution < -0.4 is 20.3 Å². The molecular weight excluding hydrogens is 310 g/mol. The third-order valence-corrected chi connectivity index (χ3v) is 4.74. The molecule has 8 nitrogen and oxygen atoms in total. The zero-order chi connectivity index (χ0) is 16.2. The van der Waals surface area contributed by atoms with Gasteiger partial charge in [0.05, 0.1) is 13.7 Å². The van der Waals surface area contributed by atoms with Gasteiger partial charge in [-0.15, -0.1) is 0 Å². The summed E-state index contributed by atoms with van der Waals surface area (Å²) in [7, 11) is -2.16. The number of carbonyl (C=O) groups excluding carboxylic acids is 1. The first kappa shape index (κ1) is 16.5. The maximum Gasteiger partial charge on any atom is 0.324 e. The van der Waals surface area contributed by atoms with Crippen molar-refractivity contribution in [1.29, 1.82) is 0 Å². The van der Waals surface area contributed by atoms with Gasteiger partial charge in [-0.25, -0.2) is 19.3 Å². The van der Waals surface area contributed by atoms with E-state index in [-0.39, 0.29) is 13.0 Å². The molecule has 1 aliphatic rings. The third-order valence-electron chi connectivity index (χ3n) is 3.16. The van der Waals surface area contributed by atoms with Crippen LogP contribution >= 0.6 is 0 Å². The average molecular weight is 329 g/mol. The number of nitrogens with one attached hydrogen (secondary N) is 3. The number of rotatable bonds is 6. The summed E-state index contributed by atoms with van der Waals surface area (Å²) in [5.74, 6) is 0.156. The molecule has 2 atom stereocenters. The highest BCUT2D eigenvalue weighted by molar-refractivity contribution is 7.93. The van der Waals surface area contributed by atoms with Gasteiger partial charge in [0.2, 0.25) is 10.0 Å². The van der Waals surface area contributed by atoms with E-state index >= 15 is 0 Å². The number of ether oxygens (including phenoxy) is 2. The summed E-state index contributed by atoms with van der Waals surface area (Å²) in [6.45, 7) is 1.94. The number of methoxy groups -OCH3 is 1. The van der Waals surface area contributed by atoms with E-state index in [2.05, 4.69) is 15.6 Å². The third kappa shape index (κ3) is 3.87. The van der Waals surface area contributed by atoms with Crippen LogP contribution in [0.1, 0.15) is 13.3 Å². The molecule has 1 fully saturated rings. The molecule has 1 saturated heterocycles. The van der Waals surface area contributed by atoms with E-state index in [4.69, 9.17) is 9.47 Å². The fraction of sp³-hybridized carbons (Fsp3) is 0.462. The number of sulfonamides is 1. The fourth-order valence-corrected chi connectivity index (χ4v) is 3.30. The predicted molar refractivity (Wildman–Crippen MR) is 80.6 cm³/mol. The molecule has 0 radical (unpaired) electrons. The van der Waals surface area contributed by atoms with Gasteiger partial charge >= 0.3 is 5.97 Å². The van der Waals surface area contributed by atoms with E-state index in [1.165, 1.54) is 7.11 Å². The Hall–Kier alpha value is -1.84. The lowest BCUT2D eigenvalue weighted by molar-refractivity contribution is -0.145. The van der Waals surface area contributed by atoms with Crippen molar-refractivity contribution in [2.75, 3.05) is 18.4 Å². The van der Waals surface area contributed by atoms with Crippen LogP contribution in [0.15, 0.2) is 24.3 Å². The minimum atomic E-state index is -3.69. The van der Waals surface area contributed by atoms with E-state index in [0.717, 1.165) is 0 Å². The Bertz CT molecular complexity index is 617. The smallest absolute Gasteiger partial charge is 0.324 e. The van der Waals surface area contributed by atoms with Gasteiger partial charge in [0, 0.05) is 12.1 Å². The van der Waals surface area contributed by atoms with Crippen molar-refractivity contribution >= 4 is 21.7 Å². The lowest BCUT2D eigenvalue weighted by Gasteiger charge is -2.13. The number of hydrogen-bond donors (Lipinski definition) is 3. The zero-order valence-corrected chi connectivity index (χ0v) is 13.1. The van der Waals surface area contributed by atoms with Gasteiger partial charge in [-0.05, 0) is 31.2 Å². The monoisotopic (exact) mass is 329 g/mol. The maximum atomic E-state index is 12.3. The molecule has 2 rings (SSSR count). The van der Waals surface area contributed by atoms with E-state index < -0.39 is 27.4 Å². The summed E-state index contributed by atoms with van der Waals surface area (Å²) in [6, 6.07) is 5.82. The highest BCUT2D eigenvalue weighted by atomic mass is 32.2.